The highest BCUT2D eigenvalue weighted by Crippen LogP contribution is 2.32. The monoisotopic (exact) mass is 527 g/mol. The molecule has 0 bridgehead atoms. The van der Waals surface area contributed by atoms with Gasteiger partial charge in [0.1, 0.15) is 24.0 Å². The van der Waals surface area contributed by atoms with E-state index in [0.717, 1.165) is 16.9 Å². The number of methoxy groups -OCH3 is 1. The van der Waals surface area contributed by atoms with Crippen LogP contribution in [-0.2, 0) is 4.79 Å². The summed E-state index contributed by atoms with van der Waals surface area (Å²) in [5.41, 5.74) is 3.84. The third-order valence-electron chi connectivity index (χ3n) is 5.79. The Labute approximate surface area is 224 Å². The van der Waals surface area contributed by atoms with Crippen molar-refractivity contribution in [2.45, 2.75) is 13.8 Å². The van der Waals surface area contributed by atoms with Gasteiger partial charge in [-0.2, -0.15) is 15.1 Å². The van der Waals surface area contributed by atoms with E-state index in [-0.39, 0.29) is 11.4 Å². The number of aryl methyl sites for hydroxylation is 2. The second-order valence-electron chi connectivity index (χ2n) is 8.54. The summed E-state index contributed by atoms with van der Waals surface area (Å²) < 4.78 is 17.2. The standard InChI is InChI=1S/C28H25N5O4S/c1-17-6-8-22(18(2)13-17)36-11-12-37-23-9-7-19(15-24(23)35-3)14-21-25(29)33-28(31-26(21)34)38-27(32-33)20-5-4-10-30-16-20/h4-10,13-16,29H,11-12H2,1-3H3/b21-14-,29-25?. The number of aliphatic imine (C=N–C) groups is 1. The molecule has 0 saturated carbocycles. The van der Waals surface area contributed by atoms with E-state index in [0.29, 0.717) is 40.5 Å². The number of nitrogens with one attached hydrogen (secondary N) is 1. The molecule has 0 saturated heterocycles. The van der Waals surface area contributed by atoms with Crippen LogP contribution in [0.5, 0.6) is 17.2 Å². The zero-order chi connectivity index (χ0) is 26.6. The molecule has 3 heterocycles. The maximum absolute atomic E-state index is 12.8. The normalized spacial score (nSPS) is 15.8. The van der Waals surface area contributed by atoms with Crippen LogP contribution >= 0.6 is 11.8 Å². The van der Waals surface area contributed by atoms with Gasteiger partial charge in [-0.3, -0.25) is 15.2 Å². The number of ether oxygens (including phenoxy) is 3. The number of hydrazone groups is 1. The van der Waals surface area contributed by atoms with Crippen molar-refractivity contribution in [2.75, 3.05) is 20.3 Å². The van der Waals surface area contributed by atoms with Crippen LogP contribution in [-0.4, -0.2) is 52.3 Å². The third kappa shape index (κ3) is 5.30. The van der Waals surface area contributed by atoms with Gasteiger partial charge in [0.05, 0.1) is 12.7 Å². The Morgan fingerprint density at radius 2 is 1.82 bits per heavy atom. The lowest BCUT2D eigenvalue weighted by Gasteiger charge is -2.20. The number of amides is 1. The zero-order valence-corrected chi connectivity index (χ0v) is 21.9. The Balaban J connectivity index is 1.28. The first-order valence-electron chi connectivity index (χ1n) is 11.8. The third-order valence-corrected chi connectivity index (χ3v) is 6.75. The van der Waals surface area contributed by atoms with Crippen LogP contribution in [0.2, 0.25) is 0 Å². The van der Waals surface area contributed by atoms with Gasteiger partial charge in [0.2, 0.25) is 5.17 Å². The summed E-state index contributed by atoms with van der Waals surface area (Å²) >= 11 is 1.23. The van der Waals surface area contributed by atoms with Gasteiger partial charge < -0.3 is 14.2 Å². The first-order chi connectivity index (χ1) is 18.4. The SMILES string of the molecule is COc1cc(/C=C2/C(=N)N3N=C(c4cccnc4)SC3=NC2=O)ccc1OCCOc1ccc(C)cc1C. The fourth-order valence-corrected chi connectivity index (χ4v) is 4.80. The number of hydrogen-bond donors (Lipinski definition) is 1. The van der Waals surface area contributed by atoms with E-state index < -0.39 is 5.91 Å². The fourth-order valence-electron chi connectivity index (χ4n) is 3.92. The smallest absolute Gasteiger partial charge is 0.283 e. The average molecular weight is 528 g/mol. The van der Waals surface area contributed by atoms with E-state index in [1.165, 1.54) is 22.3 Å². The molecule has 3 aromatic rings. The number of carbonyl (C=O) groups excluding carboxylic acids is 1. The molecule has 10 heteroatoms. The highest BCUT2D eigenvalue weighted by molar-refractivity contribution is 8.27. The predicted octanol–water partition coefficient (Wildman–Crippen LogP) is 4.83. The number of hydrogen-bond acceptors (Lipinski definition) is 8. The Morgan fingerprint density at radius 1 is 1.03 bits per heavy atom. The van der Waals surface area contributed by atoms with Crippen LogP contribution in [0.25, 0.3) is 6.08 Å². The number of thioether (sulfide) groups is 1. The van der Waals surface area contributed by atoms with Crippen molar-refractivity contribution in [1.82, 2.24) is 9.99 Å². The Morgan fingerprint density at radius 3 is 2.55 bits per heavy atom. The Bertz CT molecular complexity index is 1500. The first-order valence-corrected chi connectivity index (χ1v) is 12.7. The van der Waals surface area contributed by atoms with Crippen LogP contribution in [0.4, 0.5) is 0 Å². The van der Waals surface area contributed by atoms with Gasteiger partial charge in [0, 0.05) is 18.0 Å². The second-order valence-corrected chi connectivity index (χ2v) is 9.50. The molecule has 0 fully saturated rings. The maximum Gasteiger partial charge on any atom is 0.283 e. The van der Waals surface area contributed by atoms with Gasteiger partial charge in [0.15, 0.2) is 17.3 Å². The van der Waals surface area contributed by atoms with Gasteiger partial charge in [-0.25, -0.2) is 0 Å². The van der Waals surface area contributed by atoms with E-state index in [1.807, 2.05) is 32.0 Å². The maximum atomic E-state index is 12.8. The van der Waals surface area contributed by atoms with Gasteiger partial charge in [-0.05, 0) is 73.1 Å². The largest absolute Gasteiger partial charge is 0.493 e. The lowest BCUT2D eigenvalue weighted by Crippen LogP contribution is -2.35. The molecule has 0 atom stereocenters. The minimum Gasteiger partial charge on any atom is -0.493 e. The molecular weight excluding hydrogens is 502 g/mol. The molecule has 2 aliphatic rings. The molecule has 38 heavy (non-hydrogen) atoms. The number of rotatable bonds is 8. The molecule has 0 unspecified atom stereocenters. The molecule has 1 aromatic heterocycles. The summed E-state index contributed by atoms with van der Waals surface area (Å²) in [7, 11) is 1.55. The molecule has 2 aliphatic heterocycles. The number of amidine groups is 2. The summed E-state index contributed by atoms with van der Waals surface area (Å²) in [6.45, 7) is 4.76. The summed E-state index contributed by atoms with van der Waals surface area (Å²) in [6, 6.07) is 15.0. The molecule has 0 aliphatic carbocycles. The van der Waals surface area contributed by atoms with E-state index >= 15 is 0 Å². The fraction of sp³-hybridized carbons (Fsp3) is 0.179. The van der Waals surface area contributed by atoms with Crippen molar-refractivity contribution in [3.63, 3.8) is 0 Å². The van der Waals surface area contributed by atoms with Gasteiger partial charge in [0.25, 0.3) is 5.91 Å². The molecule has 9 nitrogen and oxygen atoms in total. The topological polar surface area (TPSA) is 109 Å². The van der Waals surface area contributed by atoms with Crippen molar-refractivity contribution in [3.8, 4) is 17.2 Å². The number of benzene rings is 2. The highest BCUT2D eigenvalue weighted by Gasteiger charge is 2.36. The van der Waals surface area contributed by atoms with Gasteiger partial charge >= 0.3 is 0 Å². The van der Waals surface area contributed by atoms with Crippen molar-refractivity contribution < 1.29 is 19.0 Å². The molecule has 5 rings (SSSR count). The lowest BCUT2D eigenvalue weighted by molar-refractivity contribution is -0.114. The number of carbonyl (C=O) groups is 1. The number of aromatic nitrogens is 1. The summed E-state index contributed by atoms with van der Waals surface area (Å²) in [6.07, 6.45) is 4.95. The minimum atomic E-state index is -0.501. The van der Waals surface area contributed by atoms with Crippen LogP contribution in [0, 0.1) is 19.3 Å². The van der Waals surface area contributed by atoms with Crippen LogP contribution in [0.1, 0.15) is 22.3 Å². The van der Waals surface area contributed by atoms with Crippen LogP contribution in [0.3, 0.4) is 0 Å². The number of fused-ring (bicyclic) bond motifs is 1. The summed E-state index contributed by atoms with van der Waals surface area (Å²) in [5, 5.41) is 15.4. The summed E-state index contributed by atoms with van der Waals surface area (Å²) in [4.78, 5) is 21.0. The molecule has 1 N–H and O–H groups in total. The second kappa shape index (κ2) is 10.9. The van der Waals surface area contributed by atoms with Crippen LogP contribution < -0.4 is 14.2 Å². The minimum absolute atomic E-state index is 0.0470. The zero-order valence-electron chi connectivity index (χ0n) is 21.1. The molecule has 2 aromatic carbocycles. The molecule has 0 radical (unpaired) electrons. The number of nitrogens with zero attached hydrogens (tertiary/aromatic N) is 4. The van der Waals surface area contributed by atoms with E-state index in [2.05, 4.69) is 21.1 Å². The van der Waals surface area contributed by atoms with Gasteiger partial charge in [-0.15, -0.1) is 0 Å². The van der Waals surface area contributed by atoms with Crippen molar-refractivity contribution in [2.24, 2.45) is 10.1 Å². The van der Waals surface area contributed by atoms with E-state index in [1.54, 1.807) is 49.8 Å². The van der Waals surface area contributed by atoms with Crippen molar-refractivity contribution >= 4 is 39.8 Å². The van der Waals surface area contributed by atoms with Gasteiger partial charge in [-0.1, -0.05) is 23.8 Å². The first kappa shape index (κ1) is 25.2. The average Bonchev–Trinajstić information content (AvgIpc) is 3.35. The highest BCUT2D eigenvalue weighted by atomic mass is 32.2. The lowest BCUT2D eigenvalue weighted by atomic mass is 10.1. The molecule has 0 spiro atoms. The quantitative estimate of drug-likeness (QED) is 0.330. The Kier molecular flexibility index (Phi) is 7.23. The van der Waals surface area contributed by atoms with Crippen molar-refractivity contribution in [3.05, 3.63) is 88.8 Å². The summed E-state index contributed by atoms with van der Waals surface area (Å²) in [5.74, 6) is 1.32. The van der Waals surface area contributed by atoms with Crippen molar-refractivity contribution in [1.29, 1.82) is 5.41 Å². The van der Waals surface area contributed by atoms with E-state index in [4.69, 9.17) is 19.6 Å². The molecule has 192 valence electrons. The predicted molar refractivity (Wildman–Crippen MR) is 148 cm³/mol. The van der Waals surface area contributed by atoms with Crippen LogP contribution in [0.15, 0.2) is 76.6 Å². The Hall–Kier alpha value is -4.44. The number of pyridine rings is 1. The van der Waals surface area contributed by atoms with E-state index in [9.17, 15) is 4.79 Å². The molecular formula is C28H25N5O4S. The molecule has 1 amide bonds.